The normalized spacial score (nSPS) is 40.1. The summed E-state index contributed by atoms with van der Waals surface area (Å²) in [4.78, 5) is 0. The van der Waals surface area contributed by atoms with E-state index in [1.54, 1.807) is 0 Å². The van der Waals surface area contributed by atoms with Gasteiger partial charge in [-0.3, -0.25) is 0 Å². The van der Waals surface area contributed by atoms with Gasteiger partial charge in [0.2, 0.25) is 0 Å². The number of hydrogen-bond acceptors (Lipinski definition) is 0. The molecule has 56 valence electrons. The van der Waals surface area contributed by atoms with Gasteiger partial charge in [-0.1, -0.05) is 25.5 Å². The van der Waals surface area contributed by atoms with E-state index in [1.165, 1.54) is 32.1 Å². The predicted octanol–water partition coefficient (Wildman–Crippen LogP) is 3.14. The molecule has 2 rings (SSSR count). The summed E-state index contributed by atoms with van der Waals surface area (Å²) in [7, 11) is 0. The Bertz CT molecular complexity index is 153. The van der Waals surface area contributed by atoms with Gasteiger partial charge in [-0.25, -0.2) is 0 Å². The highest BCUT2D eigenvalue weighted by Gasteiger charge is 2.36. The Balaban J connectivity index is 2.05. The molecule has 1 unspecified atom stereocenters. The average molecular weight is 136 g/mol. The lowest BCUT2D eigenvalue weighted by Crippen LogP contribution is -2.28. The molecule has 0 aromatic rings. The SMILES string of the molecule is CC1(C2CCC2)C=CCC1. The van der Waals surface area contributed by atoms with Crippen molar-refractivity contribution >= 4 is 0 Å². The third kappa shape index (κ3) is 0.817. The molecule has 0 nitrogen and oxygen atoms in total. The summed E-state index contributed by atoms with van der Waals surface area (Å²) in [6.45, 7) is 2.43. The van der Waals surface area contributed by atoms with Gasteiger partial charge in [-0.2, -0.15) is 0 Å². The van der Waals surface area contributed by atoms with Gasteiger partial charge in [0.1, 0.15) is 0 Å². The van der Waals surface area contributed by atoms with Crippen LogP contribution in [0.4, 0.5) is 0 Å². The zero-order valence-corrected chi connectivity index (χ0v) is 6.77. The quantitative estimate of drug-likeness (QED) is 0.486. The van der Waals surface area contributed by atoms with Gasteiger partial charge in [0, 0.05) is 0 Å². The van der Waals surface area contributed by atoms with Gasteiger partial charge in [0.25, 0.3) is 0 Å². The summed E-state index contributed by atoms with van der Waals surface area (Å²) >= 11 is 0. The van der Waals surface area contributed by atoms with E-state index in [2.05, 4.69) is 19.1 Å². The second-order valence-corrected chi connectivity index (χ2v) is 4.07. The van der Waals surface area contributed by atoms with Crippen molar-refractivity contribution in [1.82, 2.24) is 0 Å². The van der Waals surface area contributed by atoms with Crippen LogP contribution in [0.5, 0.6) is 0 Å². The lowest BCUT2D eigenvalue weighted by atomic mass is 9.66. The smallest absolute Gasteiger partial charge is 0.0115 e. The third-order valence-electron chi connectivity index (χ3n) is 3.39. The third-order valence-corrected chi connectivity index (χ3v) is 3.39. The lowest BCUT2D eigenvalue weighted by molar-refractivity contribution is 0.149. The molecule has 0 saturated heterocycles. The summed E-state index contributed by atoms with van der Waals surface area (Å²) in [6, 6.07) is 0. The van der Waals surface area contributed by atoms with Crippen molar-refractivity contribution in [3.8, 4) is 0 Å². The van der Waals surface area contributed by atoms with E-state index in [1.807, 2.05) is 0 Å². The zero-order chi connectivity index (χ0) is 7.03. The molecule has 0 aromatic carbocycles. The molecule has 0 heterocycles. The highest BCUT2D eigenvalue weighted by atomic mass is 14.4. The molecule has 0 spiro atoms. The van der Waals surface area contributed by atoms with Crippen LogP contribution < -0.4 is 0 Å². The first-order valence-corrected chi connectivity index (χ1v) is 4.49. The summed E-state index contributed by atoms with van der Waals surface area (Å²) in [5.74, 6) is 1.03. The molecule has 2 aliphatic rings. The van der Waals surface area contributed by atoms with Gasteiger partial charge in [0.05, 0.1) is 0 Å². The van der Waals surface area contributed by atoms with E-state index in [0.29, 0.717) is 5.41 Å². The molecule has 1 saturated carbocycles. The minimum absolute atomic E-state index is 0.609. The van der Waals surface area contributed by atoms with Crippen molar-refractivity contribution in [3.63, 3.8) is 0 Å². The van der Waals surface area contributed by atoms with Crippen molar-refractivity contribution in [3.05, 3.63) is 12.2 Å². The van der Waals surface area contributed by atoms with Crippen LogP contribution in [0.15, 0.2) is 12.2 Å². The van der Waals surface area contributed by atoms with Crippen LogP contribution in [0.1, 0.15) is 39.0 Å². The van der Waals surface area contributed by atoms with E-state index in [-0.39, 0.29) is 0 Å². The van der Waals surface area contributed by atoms with Crippen LogP contribution in [0.25, 0.3) is 0 Å². The Morgan fingerprint density at radius 2 is 2.20 bits per heavy atom. The Labute approximate surface area is 63.3 Å². The molecule has 2 aliphatic carbocycles. The maximum absolute atomic E-state index is 2.46. The average Bonchev–Trinajstić information content (AvgIpc) is 2.09. The molecule has 0 radical (unpaired) electrons. The number of rotatable bonds is 1. The Morgan fingerprint density at radius 3 is 2.60 bits per heavy atom. The zero-order valence-electron chi connectivity index (χ0n) is 6.77. The van der Waals surface area contributed by atoms with Crippen LogP contribution in [0, 0.1) is 11.3 Å². The number of hydrogen-bond donors (Lipinski definition) is 0. The second kappa shape index (κ2) is 2.11. The first-order valence-electron chi connectivity index (χ1n) is 4.49. The van der Waals surface area contributed by atoms with E-state index >= 15 is 0 Å². The van der Waals surface area contributed by atoms with E-state index in [9.17, 15) is 0 Å². The molecule has 0 amide bonds. The van der Waals surface area contributed by atoms with Crippen LogP contribution in [0.2, 0.25) is 0 Å². The van der Waals surface area contributed by atoms with Crippen molar-refractivity contribution < 1.29 is 0 Å². The van der Waals surface area contributed by atoms with Gasteiger partial charge < -0.3 is 0 Å². The van der Waals surface area contributed by atoms with Crippen LogP contribution in [0.3, 0.4) is 0 Å². The van der Waals surface area contributed by atoms with Gasteiger partial charge in [-0.05, 0) is 37.0 Å². The molecule has 0 bridgehead atoms. The summed E-state index contributed by atoms with van der Waals surface area (Å²) in [6.07, 6.45) is 12.0. The highest BCUT2D eigenvalue weighted by Crippen LogP contribution is 2.48. The highest BCUT2D eigenvalue weighted by molar-refractivity contribution is 5.08. The molecule has 1 atom stereocenters. The van der Waals surface area contributed by atoms with Crippen LogP contribution in [-0.2, 0) is 0 Å². The van der Waals surface area contributed by atoms with Crippen LogP contribution >= 0.6 is 0 Å². The second-order valence-electron chi connectivity index (χ2n) is 4.07. The monoisotopic (exact) mass is 136 g/mol. The minimum atomic E-state index is 0.609. The van der Waals surface area contributed by atoms with Crippen molar-refractivity contribution in [1.29, 1.82) is 0 Å². The molecular formula is C10H16. The van der Waals surface area contributed by atoms with Gasteiger partial charge in [0.15, 0.2) is 0 Å². The Kier molecular flexibility index (Phi) is 1.36. The summed E-state index contributed by atoms with van der Waals surface area (Å²) in [5.41, 5.74) is 0.609. The van der Waals surface area contributed by atoms with E-state index in [0.717, 1.165) is 5.92 Å². The molecule has 0 heteroatoms. The molecular weight excluding hydrogens is 120 g/mol. The van der Waals surface area contributed by atoms with E-state index < -0.39 is 0 Å². The Hall–Kier alpha value is -0.260. The lowest BCUT2D eigenvalue weighted by Gasteiger charge is -2.39. The van der Waals surface area contributed by atoms with E-state index in [4.69, 9.17) is 0 Å². The fourth-order valence-corrected chi connectivity index (χ4v) is 2.24. The fourth-order valence-electron chi connectivity index (χ4n) is 2.24. The minimum Gasteiger partial charge on any atom is -0.0879 e. The standard InChI is InChI=1S/C10H16/c1-10(7-2-3-8-10)9-5-4-6-9/h2,7,9H,3-6,8H2,1H3. The van der Waals surface area contributed by atoms with Crippen LogP contribution in [-0.4, -0.2) is 0 Å². The Morgan fingerprint density at radius 1 is 1.40 bits per heavy atom. The van der Waals surface area contributed by atoms with Crippen molar-refractivity contribution in [2.45, 2.75) is 39.0 Å². The molecule has 0 aliphatic heterocycles. The molecule has 1 fully saturated rings. The topological polar surface area (TPSA) is 0 Å². The van der Waals surface area contributed by atoms with Crippen molar-refractivity contribution in [2.24, 2.45) is 11.3 Å². The van der Waals surface area contributed by atoms with Gasteiger partial charge >= 0.3 is 0 Å². The molecule has 10 heavy (non-hydrogen) atoms. The molecule has 0 aromatic heterocycles. The molecule has 0 N–H and O–H groups in total. The largest absolute Gasteiger partial charge is 0.0879 e. The fraction of sp³-hybridized carbons (Fsp3) is 0.800. The maximum Gasteiger partial charge on any atom is -0.0115 e. The summed E-state index contributed by atoms with van der Waals surface area (Å²) < 4.78 is 0. The maximum atomic E-state index is 2.46. The van der Waals surface area contributed by atoms with Crippen molar-refractivity contribution in [2.75, 3.05) is 0 Å². The number of allylic oxidation sites excluding steroid dienone is 2. The predicted molar refractivity (Wildman–Crippen MR) is 43.8 cm³/mol. The first-order chi connectivity index (χ1) is 4.81. The van der Waals surface area contributed by atoms with Gasteiger partial charge in [-0.15, -0.1) is 0 Å². The summed E-state index contributed by atoms with van der Waals surface area (Å²) in [5, 5.41) is 0. The first kappa shape index (κ1) is 6.45.